The van der Waals surface area contributed by atoms with Crippen molar-refractivity contribution in [3.05, 3.63) is 59.4 Å². The highest BCUT2D eigenvalue weighted by Gasteiger charge is 2.60. The molecule has 3 aromatic rings. The zero-order chi connectivity index (χ0) is 24.3. The van der Waals surface area contributed by atoms with Gasteiger partial charge in [0.2, 0.25) is 5.88 Å². The molecular weight excluding hydrogens is 451 g/mol. The Kier molecular flexibility index (Phi) is 5.58. The van der Waals surface area contributed by atoms with Crippen LogP contribution < -0.4 is 4.74 Å². The summed E-state index contributed by atoms with van der Waals surface area (Å²) in [5.41, 5.74) is 5.69. The Balaban J connectivity index is 1.19. The highest BCUT2D eigenvalue weighted by Crippen LogP contribution is 2.61. The number of fused-ring (bicyclic) bond motifs is 4. The lowest BCUT2D eigenvalue weighted by Gasteiger charge is -2.67. The minimum absolute atomic E-state index is 0.138. The van der Waals surface area contributed by atoms with Crippen LogP contribution in [0.2, 0.25) is 0 Å². The molecule has 1 N–H and O–H groups in total. The topological polar surface area (TPSA) is 44.4 Å². The van der Waals surface area contributed by atoms with Crippen LogP contribution in [0.5, 0.6) is 5.88 Å². The van der Waals surface area contributed by atoms with E-state index in [1.54, 1.807) is 0 Å². The molecule has 3 fully saturated rings. The largest absolute Gasteiger partial charge is 0.473 e. The van der Waals surface area contributed by atoms with E-state index in [2.05, 4.69) is 64.3 Å². The number of aromatic amines is 1. The first-order valence-corrected chi connectivity index (χ1v) is 13.9. The molecule has 7 rings (SSSR count). The first kappa shape index (κ1) is 22.7. The molecule has 0 spiro atoms. The molecule has 2 aliphatic heterocycles. The Bertz CT molecular complexity index is 1230. The summed E-state index contributed by atoms with van der Waals surface area (Å²) in [6.07, 6.45) is 10.3. The first-order chi connectivity index (χ1) is 17.7. The SMILES string of the molecule is C[C@@H]1Cc2c([nH]c3ccccc23)[C@@H](c2ccc(O[C@@H]3CCN(CCCF)C3)nc2)N1C12CCC1CC2. The Hall–Kier alpha value is -2.44. The molecule has 2 saturated carbocycles. The number of rotatable bonds is 7. The molecule has 1 saturated heterocycles. The van der Waals surface area contributed by atoms with E-state index in [1.807, 2.05) is 0 Å². The molecule has 6 heteroatoms. The number of likely N-dealkylation sites (tertiary alicyclic amines) is 1. The Morgan fingerprint density at radius 1 is 1.14 bits per heavy atom. The van der Waals surface area contributed by atoms with E-state index in [9.17, 15) is 4.39 Å². The van der Waals surface area contributed by atoms with E-state index in [0.717, 1.165) is 38.4 Å². The van der Waals surface area contributed by atoms with Crippen LogP contribution in [-0.4, -0.2) is 63.8 Å². The van der Waals surface area contributed by atoms with Crippen molar-refractivity contribution in [1.29, 1.82) is 0 Å². The van der Waals surface area contributed by atoms with E-state index < -0.39 is 0 Å². The van der Waals surface area contributed by atoms with Crippen LogP contribution in [0.1, 0.15) is 68.3 Å². The molecule has 1 aromatic carbocycles. The van der Waals surface area contributed by atoms with Gasteiger partial charge in [0.15, 0.2) is 0 Å². The Morgan fingerprint density at radius 2 is 2.00 bits per heavy atom. The van der Waals surface area contributed by atoms with Gasteiger partial charge in [0.25, 0.3) is 0 Å². The smallest absolute Gasteiger partial charge is 0.213 e. The molecule has 36 heavy (non-hydrogen) atoms. The zero-order valence-electron chi connectivity index (χ0n) is 21.3. The lowest BCUT2D eigenvalue weighted by atomic mass is 9.51. The maximum absolute atomic E-state index is 12.5. The van der Waals surface area contributed by atoms with E-state index in [-0.39, 0.29) is 18.8 Å². The second-order valence-electron chi connectivity index (χ2n) is 11.6. The minimum Gasteiger partial charge on any atom is -0.473 e. The molecule has 2 aromatic heterocycles. The van der Waals surface area contributed by atoms with Crippen LogP contribution >= 0.6 is 0 Å². The number of halogens is 1. The van der Waals surface area contributed by atoms with Crippen LogP contribution in [0.25, 0.3) is 10.9 Å². The zero-order valence-corrected chi connectivity index (χ0v) is 21.3. The fourth-order valence-corrected chi connectivity index (χ4v) is 7.76. The van der Waals surface area contributed by atoms with Crippen molar-refractivity contribution in [2.75, 3.05) is 26.3 Å². The third kappa shape index (κ3) is 3.52. The van der Waals surface area contributed by atoms with Gasteiger partial charge in [-0.1, -0.05) is 24.3 Å². The molecule has 5 nitrogen and oxygen atoms in total. The molecule has 3 atom stereocenters. The second-order valence-corrected chi connectivity index (χ2v) is 11.6. The standard InChI is InChI=1S/C30H37FN4O/c1-20-17-25-24-5-2-3-6-26(24)33-28(25)29(35(20)30-12-9-22(30)10-13-30)21-7-8-27(32-18-21)36-23-11-16-34(19-23)15-4-14-31/h2-3,5-8,18,20,22-23,29,33H,4,9-17,19H2,1H3/t20-,22?,23-,29-,30?/m1/s1. The van der Waals surface area contributed by atoms with Gasteiger partial charge in [-0.2, -0.15) is 0 Å². The number of para-hydroxylation sites is 1. The van der Waals surface area contributed by atoms with Crippen molar-refractivity contribution < 1.29 is 9.13 Å². The number of H-pyrrole nitrogens is 1. The number of alkyl halides is 1. The number of benzene rings is 1. The van der Waals surface area contributed by atoms with Crippen molar-refractivity contribution in [3.63, 3.8) is 0 Å². The maximum Gasteiger partial charge on any atom is 0.213 e. The number of pyridine rings is 1. The first-order valence-electron chi connectivity index (χ1n) is 13.9. The molecule has 4 heterocycles. The molecule has 0 radical (unpaired) electrons. The van der Waals surface area contributed by atoms with Gasteiger partial charge < -0.3 is 9.72 Å². The van der Waals surface area contributed by atoms with Gasteiger partial charge in [-0.15, -0.1) is 0 Å². The Labute approximate surface area is 213 Å². The van der Waals surface area contributed by atoms with Gasteiger partial charge in [-0.25, -0.2) is 4.98 Å². The van der Waals surface area contributed by atoms with Crippen molar-refractivity contribution in [1.82, 2.24) is 19.8 Å². The van der Waals surface area contributed by atoms with E-state index in [4.69, 9.17) is 9.72 Å². The van der Waals surface area contributed by atoms with Crippen LogP contribution in [0, 0.1) is 5.92 Å². The minimum atomic E-state index is -0.248. The summed E-state index contributed by atoms with van der Waals surface area (Å²) in [6.45, 7) is 4.83. The highest BCUT2D eigenvalue weighted by atomic mass is 19.1. The lowest BCUT2D eigenvalue weighted by molar-refractivity contribution is -0.153. The molecule has 0 amide bonds. The monoisotopic (exact) mass is 488 g/mol. The van der Waals surface area contributed by atoms with Crippen molar-refractivity contribution in [2.45, 2.75) is 75.6 Å². The van der Waals surface area contributed by atoms with Crippen molar-refractivity contribution in [2.24, 2.45) is 5.92 Å². The summed E-state index contributed by atoms with van der Waals surface area (Å²) in [4.78, 5) is 13.8. The third-order valence-corrected chi connectivity index (χ3v) is 9.70. The lowest BCUT2D eigenvalue weighted by Crippen LogP contribution is -2.69. The number of nitrogens with zero attached hydrogens (tertiary/aromatic N) is 3. The molecular formula is C30H37FN4O. The van der Waals surface area contributed by atoms with Crippen LogP contribution in [0.15, 0.2) is 42.6 Å². The van der Waals surface area contributed by atoms with E-state index in [1.165, 1.54) is 53.4 Å². The fraction of sp³-hybridized carbons (Fsp3) is 0.567. The average Bonchev–Trinajstić information content (AvgIpc) is 3.49. The number of hydrogen-bond acceptors (Lipinski definition) is 4. The van der Waals surface area contributed by atoms with Gasteiger partial charge in [0.1, 0.15) is 6.10 Å². The summed E-state index contributed by atoms with van der Waals surface area (Å²) in [5, 5.41) is 1.37. The van der Waals surface area contributed by atoms with Gasteiger partial charge >= 0.3 is 0 Å². The van der Waals surface area contributed by atoms with Gasteiger partial charge in [-0.05, 0) is 75.0 Å². The van der Waals surface area contributed by atoms with E-state index in [0.29, 0.717) is 23.9 Å². The van der Waals surface area contributed by atoms with Gasteiger partial charge in [0, 0.05) is 60.1 Å². The molecule has 2 aliphatic carbocycles. The van der Waals surface area contributed by atoms with Gasteiger partial charge in [0.05, 0.1) is 12.7 Å². The van der Waals surface area contributed by atoms with Crippen LogP contribution in [-0.2, 0) is 6.42 Å². The summed E-state index contributed by atoms with van der Waals surface area (Å²) in [6, 6.07) is 13.8. The third-order valence-electron chi connectivity index (χ3n) is 9.70. The summed E-state index contributed by atoms with van der Waals surface area (Å²) >= 11 is 0. The second kappa shape index (κ2) is 8.84. The maximum atomic E-state index is 12.5. The average molecular weight is 489 g/mol. The van der Waals surface area contributed by atoms with Crippen LogP contribution in [0.4, 0.5) is 4.39 Å². The number of ether oxygens (including phenoxy) is 1. The normalized spacial score (nSPS) is 32.1. The molecule has 0 unspecified atom stereocenters. The molecule has 190 valence electrons. The number of hydrogen-bond donors (Lipinski definition) is 1. The van der Waals surface area contributed by atoms with Crippen LogP contribution in [0.3, 0.4) is 0 Å². The van der Waals surface area contributed by atoms with Crippen molar-refractivity contribution >= 4 is 10.9 Å². The predicted octanol–water partition coefficient (Wildman–Crippen LogP) is 5.65. The molecule has 4 aliphatic rings. The quantitative estimate of drug-likeness (QED) is 0.467. The summed E-state index contributed by atoms with van der Waals surface area (Å²) < 4.78 is 18.8. The predicted molar refractivity (Wildman–Crippen MR) is 140 cm³/mol. The summed E-state index contributed by atoms with van der Waals surface area (Å²) in [5.74, 6) is 1.55. The Morgan fingerprint density at radius 3 is 2.72 bits per heavy atom. The number of nitrogens with one attached hydrogen (secondary N) is 1. The van der Waals surface area contributed by atoms with Crippen molar-refractivity contribution in [3.8, 4) is 5.88 Å². The summed E-state index contributed by atoms with van der Waals surface area (Å²) in [7, 11) is 0. The number of aromatic nitrogens is 2. The highest BCUT2D eigenvalue weighted by molar-refractivity contribution is 5.85. The fourth-order valence-electron chi connectivity index (χ4n) is 7.76. The molecule has 0 bridgehead atoms. The van der Waals surface area contributed by atoms with E-state index >= 15 is 0 Å². The van der Waals surface area contributed by atoms with Gasteiger partial charge in [-0.3, -0.25) is 14.2 Å².